The molecule has 0 aliphatic carbocycles. The van der Waals surface area contributed by atoms with Crippen molar-refractivity contribution in [3.05, 3.63) is 18.3 Å². The van der Waals surface area contributed by atoms with Gasteiger partial charge >= 0.3 is 0 Å². The van der Waals surface area contributed by atoms with Gasteiger partial charge in [-0.15, -0.1) is 0 Å². The van der Waals surface area contributed by atoms with E-state index in [4.69, 9.17) is 9.47 Å². The summed E-state index contributed by atoms with van der Waals surface area (Å²) in [6, 6.07) is 3.53. The third-order valence-corrected chi connectivity index (χ3v) is 3.62. The van der Waals surface area contributed by atoms with E-state index in [0.717, 1.165) is 13.1 Å². The molecule has 1 aromatic rings. The molecule has 1 N–H and O–H groups in total. The van der Waals surface area contributed by atoms with Gasteiger partial charge in [-0.25, -0.2) is 4.98 Å². The lowest BCUT2D eigenvalue weighted by Crippen LogP contribution is -2.48. The summed E-state index contributed by atoms with van der Waals surface area (Å²) in [6.07, 6.45) is 0.988. The van der Waals surface area contributed by atoms with Gasteiger partial charge in [0.15, 0.2) is 18.2 Å². The third-order valence-electron chi connectivity index (χ3n) is 3.62. The van der Waals surface area contributed by atoms with Crippen LogP contribution in [-0.4, -0.2) is 73.0 Å². The van der Waals surface area contributed by atoms with E-state index in [1.54, 1.807) is 18.3 Å². The Balaban J connectivity index is 1.64. The Hall–Kier alpha value is -1.70. The zero-order valence-corrected chi connectivity index (χ0v) is 11.8. The van der Waals surface area contributed by atoms with Crippen LogP contribution in [0.3, 0.4) is 0 Å². The van der Waals surface area contributed by atoms with Gasteiger partial charge in [-0.05, 0) is 12.1 Å². The first-order valence-electron chi connectivity index (χ1n) is 7.10. The summed E-state index contributed by atoms with van der Waals surface area (Å²) in [5.74, 6) is 0.882. The van der Waals surface area contributed by atoms with E-state index in [2.05, 4.69) is 9.88 Å². The Kier molecular flexibility index (Phi) is 4.33. The molecular formula is C14H19N3O4. The highest BCUT2D eigenvalue weighted by Crippen LogP contribution is 2.28. The SMILES string of the molecule is O=C1COc2cccnc2N1CC(O)CN1CCOCC1. The number of carbonyl (C=O) groups excluding carboxylic acids is 1. The van der Waals surface area contributed by atoms with Crippen molar-refractivity contribution < 1.29 is 19.4 Å². The second-order valence-corrected chi connectivity index (χ2v) is 5.18. The number of rotatable bonds is 4. The van der Waals surface area contributed by atoms with Crippen molar-refractivity contribution in [3.8, 4) is 5.75 Å². The molecule has 1 fully saturated rings. The fraction of sp³-hybridized carbons (Fsp3) is 0.571. The number of aliphatic hydroxyl groups excluding tert-OH is 1. The van der Waals surface area contributed by atoms with Crippen LogP contribution in [0.5, 0.6) is 5.75 Å². The van der Waals surface area contributed by atoms with Gasteiger partial charge in [0, 0.05) is 25.8 Å². The van der Waals surface area contributed by atoms with Crippen molar-refractivity contribution in [2.75, 3.05) is 50.9 Å². The Morgan fingerprint density at radius 2 is 2.14 bits per heavy atom. The normalized spacial score (nSPS) is 20.8. The monoisotopic (exact) mass is 293 g/mol. The van der Waals surface area contributed by atoms with Crippen LogP contribution in [-0.2, 0) is 9.53 Å². The van der Waals surface area contributed by atoms with E-state index in [9.17, 15) is 9.90 Å². The second-order valence-electron chi connectivity index (χ2n) is 5.18. The molecule has 1 amide bonds. The van der Waals surface area contributed by atoms with Gasteiger partial charge < -0.3 is 14.6 Å². The molecule has 7 nitrogen and oxygen atoms in total. The third kappa shape index (κ3) is 3.31. The average molecular weight is 293 g/mol. The molecule has 3 rings (SSSR count). The van der Waals surface area contributed by atoms with Crippen LogP contribution in [0.1, 0.15) is 0 Å². The highest BCUT2D eigenvalue weighted by atomic mass is 16.5. The number of β-amino-alcohol motifs (C(OH)–C–C–N with tert-alkyl or cyclic N) is 1. The molecule has 0 saturated carbocycles. The van der Waals surface area contributed by atoms with Gasteiger partial charge in [0.05, 0.1) is 25.9 Å². The maximum Gasteiger partial charge on any atom is 0.266 e. The Morgan fingerprint density at radius 3 is 2.95 bits per heavy atom. The van der Waals surface area contributed by atoms with Crippen LogP contribution in [0.2, 0.25) is 0 Å². The van der Waals surface area contributed by atoms with Crippen LogP contribution in [0, 0.1) is 0 Å². The minimum Gasteiger partial charge on any atom is -0.480 e. The summed E-state index contributed by atoms with van der Waals surface area (Å²) in [5.41, 5.74) is 0. The first-order valence-corrected chi connectivity index (χ1v) is 7.10. The highest BCUT2D eigenvalue weighted by molar-refractivity contribution is 5.96. The lowest BCUT2D eigenvalue weighted by Gasteiger charge is -2.32. The molecule has 3 heterocycles. The topological polar surface area (TPSA) is 75.1 Å². The minimum absolute atomic E-state index is 0.0109. The molecule has 1 atom stereocenters. The fourth-order valence-corrected chi connectivity index (χ4v) is 2.57. The first kappa shape index (κ1) is 14.2. The Morgan fingerprint density at radius 1 is 1.33 bits per heavy atom. The molecule has 0 radical (unpaired) electrons. The van der Waals surface area contributed by atoms with Crippen LogP contribution in [0.15, 0.2) is 18.3 Å². The first-order chi connectivity index (χ1) is 10.2. The molecule has 114 valence electrons. The molecule has 0 spiro atoms. The number of nitrogens with zero attached hydrogens (tertiary/aromatic N) is 3. The Labute approximate surface area is 123 Å². The largest absolute Gasteiger partial charge is 0.480 e. The molecule has 7 heteroatoms. The number of fused-ring (bicyclic) bond motifs is 1. The van der Waals surface area contributed by atoms with Crippen molar-refractivity contribution in [1.82, 2.24) is 9.88 Å². The quantitative estimate of drug-likeness (QED) is 0.807. The predicted octanol–water partition coefficient (Wildman–Crippen LogP) is -0.500. The molecule has 0 bridgehead atoms. The summed E-state index contributed by atoms with van der Waals surface area (Å²) in [7, 11) is 0. The molecular weight excluding hydrogens is 274 g/mol. The molecule has 1 aromatic heterocycles. The number of carbonyl (C=O) groups is 1. The molecule has 2 aliphatic rings. The van der Waals surface area contributed by atoms with E-state index in [1.807, 2.05) is 0 Å². The molecule has 1 saturated heterocycles. The van der Waals surface area contributed by atoms with Gasteiger partial charge in [-0.2, -0.15) is 0 Å². The average Bonchev–Trinajstić information content (AvgIpc) is 2.51. The number of aliphatic hydroxyl groups is 1. The van der Waals surface area contributed by atoms with Crippen molar-refractivity contribution in [2.45, 2.75) is 6.10 Å². The molecule has 1 unspecified atom stereocenters. The van der Waals surface area contributed by atoms with E-state index < -0.39 is 6.10 Å². The second kappa shape index (κ2) is 6.38. The minimum atomic E-state index is -0.625. The Bertz CT molecular complexity index is 505. The highest BCUT2D eigenvalue weighted by Gasteiger charge is 2.29. The van der Waals surface area contributed by atoms with E-state index in [1.165, 1.54) is 4.90 Å². The van der Waals surface area contributed by atoms with Crippen LogP contribution >= 0.6 is 0 Å². The number of anilines is 1. The maximum absolute atomic E-state index is 12.0. The van der Waals surface area contributed by atoms with Gasteiger partial charge in [-0.3, -0.25) is 14.6 Å². The van der Waals surface area contributed by atoms with Crippen LogP contribution in [0.25, 0.3) is 0 Å². The van der Waals surface area contributed by atoms with Gasteiger partial charge in [0.2, 0.25) is 0 Å². The predicted molar refractivity (Wildman–Crippen MR) is 75.4 cm³/mol. The lowest BCUT2D eigenvalue weighted by atomic mass is 10.2. The van der Waals surface area contributed by atoms with Crippen molar-refractivity contribution in [2.24, 2.45) is 0 Å². The molecule has 2 aliphatic heterocycles. The van der Waals surface area contributed by atoms with Gasteiger partial charge in [0.25, 0.3) is 5.91 Å². The van der Waals surface area contributed by atoms with Crippen molar-refractivity contribution in [1.29, 1.82) is 0 Å². The number of amides is 1. The number of aromatic nitrogens is 1. The smallest absolute Gasteiger partial charge is 0.266 e. The van der Waals surface area contributed by atoms with Crippen LogP contribution in [0.4, 0.5) is 5.82 Å². The number of hydrogen-bond donors (Lipinski definition) is 1. The van der Waals surface area contributed by atoms with E-state index >= 15 is 0 Å². The number of pyridine rings is 1. The van der Waals surface area contributed by atoms with Gasteiger partial charge in [0.1, 0.15) is 0 Å². The lowest BCUT2D eigenvalue weighted by molar-refractivity contribution is -0.121. The van der Waals surface area contributed by atoms with Crippen LogP contribution < -0.4 is 9.64 Å². The standard InChI is InChI=1S/C14H19N3O4/c18-11(8-16-4-6-20-7-5-16)9-17-13(19)10-21-12-2-1-3-15-14(12)17/h1-3,11,18H,4-10H2. The van der Waals surface area contributed by atoms with E-state index in [-0.39, 0.29) is 19.1 Å². The van der Waals surface area contributed by atoms with Gasteiger partial charge in [-0.1, -0.05) is 0 Å². The van der Waals surface area contributed by atoms with Crippen molar-refractivity contribution >= 4 is 11.7 Å². The summed E-state index contributed by atoms with van der Waals surface area (Å²) in [5, 5.41) is 10.3. The summed E-state index contributed by atoms with van der Waals surface area (Å²) >= 11 is 0. The maximum atomic E-state index is 12.0. The fourth-order valence-electron chi connectivity index (χ4n) is 2.57. The van der Waals surface area contributed by atoms with Crippen molar-refractivity contribution in [3.63, 3.8) is 0 Å². The zero-order valence-electron chi connectivity index (χ0n) is 11.8. The summed E-state index contributed by atoms with van der Waals surface area (Å²) < 4.78 is 10.6. The summed E-state index contributed by atoms with van der Waals surface area (Å²) in [6.45, 7) is 3.73. The zero-order chi connectivity index (χ0) is 14.7. The number of hydrogen-bond acceptors (Lipinski definition) is 6. The molecule has 21 heavy (non-hydrogen) atoms. The number of morpholine rings is 1. The summed E-state index contributed by atoms with van der Waals surface area (Å²) in [4.78, 5) is 19.8. The molecule has 0 aromatic carbocycles. The van der Waals surface area contributed by atoms with E-state index in [0.29, 0.717) is 31.3 Å². The number of ether oxygens (including phenoxy) is 2.